The topological polar surface area (TPSA) is 56.1 Å². The molecule has 7 heteroatoms. The maximum absolute atomic E-state index is 5.80. The Bertz CT molecular complexity index is 497. The van der Waals surface area contributed by atoms with Crippen molar-refractivity contribution in [3.63, 3.8) is 0 Å². The first kappa shape index (κ1) is 11.8. The van der Waals surface area contributed by atoms with E-state index in [4.69, 9.17) is 4.74 Å². The number of nitrogens with zero attached hydrogens (tertiary/aromatic N) is 5. The molecule has 1 saturated heterocycles. The molecule has 1 aliphatic heterocycles. The fourth-order valence-electron chi connectivity index (χ4n) is 2.14. The highest BCUT2D eigenvalue weighted by Crippen LogP contribution is 2.22. The molecule has 1 fully saturated rings. The van der Waals surface area contributed by atoms with E-state index in [2.05, 4.69) is 19.6 Å². The Labute approximate surface area is 109 Å². The summed E-state index contributed by atoms with van der Waals surface area (Å²) in [4.78, 5) is 2.35. The third-order valence-electron chi connectivity index (χ3n) is 3.04. The predicted octanol–water partition coefficient (Wildman–Crippen LogP) is 0.845. The molecular formula is C11H15N5OS. The third-order valence-corrected chi connectivity index (χ3v) is 3.59. The molecule has 96 valence electrons. The van der Waals surface area contributed by atoms with Crippen LogP contribution in [0.4, 0.5) is 0 Å². The van der Waals surface area contributed by atoms with Crippen LogP contribution in [0, 0.1) is 0 Å². The number of aromatic nitrogens is 4. The first-order valence-electron chi connectivity index (χ1n) is 5.90. The molecule has 0 amide bonds. The van der Waals surface area contributed by atoms with Crippen molar-refractivity contribution in [1.82, 2.24) is 24.3 Å². The quantitative estimate of drug-likeness (QED) is 0.823. The standard InChI is InChI=1S/C11H15N5OS/c1-15-5-9(4-12-15)11-7-16(2-3-17-11)6-10-8-18-14-13-10/h4-5,8,11H,2-3,6-7H2,1H3. The summed E-state index contributed by atoms with van der Waals surface area (Å²) in [5.74, 6) is 0. The van der Waals surface area contributed by atoms with Crippen molar-refractivity contribution < 1.29 is 4.74 Å². The molecule has 0 saturated carbocycles. The van der Waals surface area contributed by atoms with Crippen LogP contribution in [0.1, 0.15) is 17.4 Å². The van der Waals surface area contributed by atoms with E-state index in [0.29, 0.717) is 0 Å². The SMILES string of the molecule is Cn1cc(C2CN(Cc3csnn3)CCO2)cn1. The summed E-state index contributed by atoms with van der Waals surface area (Å²) in [6.07, 6.45) is 4.00. The smallest absolute Gasteiger partial charge is 0.0982 e. The molecule has 2 aromatic rings. The number of ether oxygens (including phenoxy) is 1. The van der Waals surface area contributed by atoms with Crippen LogP contribution in [0.25, 0.3) is 0 Å². The average Bonchev–Trinajstić information content (AvgIpc) is 3.01. The molecule has 0 spiro atoms. The maximum Gasteiger partial charge on any atom is 0.0982 e. The Morgan fingerprint density at radius 1 is 1.56 bits per heavy atom. The Kier molecular flexibility index (Phi) is 3.35. The van der Waals surface area contributed by atoms with Crippen LogP contribution in [-0.4, -0.2) is 44.0 Å². The second-order valence-corrected chi connectivity index (χ2v) is 5.05. The Hall–Kier alpha value is -1.31. The Morgan fingerprint density at radius 3 is 3.22 bits per heavy atom. The van der Waals surface area contributed by atoms with Crippen LogP contribution in [0.2, 0.25) is 0 Å². The zero-order valence-corrected chi connectivity index (χ0v) is 11.0. The Morgan fingerprint density at radius 2 is 2.50 bits per heavy atom. The fraction of sp³-hybridized carbons (Fsp3) is 0.545. The minimum Gasteiger partial charge on any atom is -0.371 e. The van der Waals surface area contributed by atoms with Gasteiger partial charge in [-0.25, -0.2) is 0 Å². The first-order chi connectivity index (χ1) is 8.81. The molecule has 6 nitrogen and oxygen atoms in total. The second kappa shape index (κ2) is 5.13. The van der Waals surface area contributed by atoms with Gasteiger partial charge >= 0.3 is 0 Å². The summed E-state index contributed by atoms with van der Waals surface area (Å²) in [5.41, 5.74) is 2.17. The Balaban J connectivity index is 1.65. The normalized spacial score (nSPS) is 21.3. The van der Waals surface area contributed by atoms with E-state index in [1.807, 2.05) is 29.5 Å². The minimum absolute atomic E-state index is 0.110. The largest absolute Gasteiger partial charge is 0.371 e. The molecular weight excluding hydrogens is 250 g/mol. The van der Waals surface area contributed by atoms with Crippen LogP contribution in [0.15, 0.2) is 17.8 Å². The van der Waals surface area contributed by atoms with Crippen molar-refractivity contribution in [2.45, 2.75) is 12.6 Å². The van der Waals surface area contributed by atoms with E-state index in [0.717, 1.165) is 37.5 Å². The van der Waals surface area contributed by atoms with Crippen LogP contribution < -0.4 is 0 Å². The number of hydrogen-bond donors (Lipinski definition) is 0. The van der Waals surface area contributed by atoms with E-state index in [9.17, 15) is 0 Å². The third kappa shape index (κ3) is 2.58. The molecule has 1 atom stereocenters. The van der Waals surface area contributed by atoms with Gasteiger partial charge in [0.05, 0.1) is 24.6 Å². The van der Waals surface area contributed by atoms with Crippen LogP contribution in [-0.2, 0) is 18.3 Å². The lowest BCUT2D eigenvalue weighted by Crippen LogP contribution is -2.37. The number of aryl methyl sites for hydroxylation is 1. The van der Waals surface area contributed by atoms with E-state index in [1.165, 1.54) is 11.5 Å². The van der Waals surface area contributed by atoms with Gasteiger partial charge < -0.3 is 4.74 Å². The van der Waals surface area contributed by atoms with Crippen molar-refractivity contribution in [3.05, 3.63) is 29.0 Å². The van der Waals surface area contributed by atoms with Gasteiger partial charge in [-0.3, -0.25) is 9.58 Å². The zero-order chi connectivity index (χ0) is 12.4. The van der Waals surface area contributed by atoms with Gasteiger partial charge in [-0.2, -0.15) is 5.10 Å². The van der Waals surface area contributed by atoms with E-state index < -0.39 is 0 Å². The van der Waals surface area contributed by atoms with Crippen molar-refractivity contribution in [2.75, 3.05) is 19.7 Å². The zero-order valence-electron chi connectivity index (χ0n) is 10.2. The highest BCUT2D eigenvalue weighted by molar-refractivity contribution is 7.03. The van der Waals surface area contributed by atoms with E-state index in [1.54, 1.807) is 0 Å². The van der Waals surface area contributed by atoms with Crippen molar-refractivity contribution >= 4 is 11.5 Å². The molecule has 2 aromatic heterocycles. The summed E-state index contributed by atoms with van der Waals surface area (Å²) < 4.78 is 11.5. The number of morpholine rings is 1. The second-order valence-electron chi connectivity index (χ2n) is 4.44. The molecule has 1 aliphatic rings. The van der Waals surface area contributed by atoms with E-state index >= 15 is 0 Å². The monoisotopic (exact) mass is 265 g/mol. The summed E-state index contributed by atoms with van der Waals surface area (Å²) in [7, 11) is 1.92. The lowest BCUT2D eigenvalue weighted by atomic mass is 10.1. The van der Waals surface area contributed by atoms with Gasteiger partial charge in [0.1, 0.15) is 0 Å². The van der Waals surface area contributed by atoms with Crippen LogP contribution in [0.5, 0.6) is 0 Å². The highest BCUT2D eigenvalue weighted by Gasteiger charge is 2.23. The molecule has 0 N–H and O–H groups in total. The maximum atomic E-state index is 5.80. The summed E-state index contributed by atoms with van der Waals surface area (Å²) >= 11 is 1.40. The van der Waals surface area contributed by atoms with Gasteiger partial charge in [0.15, 0.2) is 0 Å². The first-order valence-corrected chi connectivity index (χ1v) is 6.73. The minimum atomic E-state index is 0.110. The van der Waals surface area contributed by atoms with Gasteiger partial charge in [0, 0.05) is 43.8 Å². The molecule has 0 aromatic carbocycles. The molecule has 0 radical (unpaired) electrons. The molecule has 0 bridgehead atoms. The van der Waals surface area contributed by atoms with Crippen molar-refractivity contribution in [3.8, 4) is 0 Å². The molecule has 3 heterocycles. The molecule has 0 aliphatic carbocycles. The number of hydrogen-bond acceptors (Lipinski definition) is 6. The van der Waals surface area contributed by atoms with Crippen LogP contribution >= 0.6 is 11.5 Å². The summed E-state index contributed by atoms with van der Waals surface area (Å²) in [6, 6.07) is 0. The van der Waals surface area contributed by atoms with Gasteiger partial charge in [-0.05, 0) is 11.5 Å². The van der Waals surface area contributed by atoms with Gasteiger partial charge in [-0.15, -0.1) is 5.10 Å². The fourth-order valence-corrected chi connectivity index (χ4v) is 2.58. The molecule has 18 heavy (non-hydrogen) atoms. The predicted molar refractivity (Wildman–Crippen MR) is 67.1 cm³/mol. The highest BCUT2D eigenvalue weighted by atomic mass is 32.1. The van der Waals surface area contributed by atoms with E-state index in [-0.39, 0.29) is 6.10 Å². The average molecular weight is 265 g/mol. The van der Waals surface area contributed by atoms with Crippen LogP contribution in [0.3, 0.4) is 0 Å². The summed E-state index contributed by atoms with van der Waals surface area (Å²) in [5, 5.41) is 10.3. The van der Waals surface area contributed by atoms with Gasteiger partial charge in [-0.1, -0.05) is 4.49 Å². The molecule has 1 unspecified atom stereocenters. The lowest BCUT2D eigenvalue weighted by molar-refractivity contribution is -0.0333. The van der Waals surface area contributed by atoms with Gasteiger partial charge in [0.25, 0.3) is 0 Å². The van der Waals surface area contributed by atoms with Crippen molar-refractivity contribution in [2.24, 2.45) is 7.05 Å². The molecule has 3 rings (SSSR count). The van der Waals surface area contributed by atoms with Crippen molar-refractivity contribution in [1.29, 1.82) is 0 Å². The number of rotatable bonds is 3. The summed E-state index contributed by atoms with van der Waals surface area (Å²) in [6.45, 7) is 3.41. The van der Waals surface area contributed by atoms with Gasteiger partial charge in [0.2, 0.25) is 0 Å². The lowest BCUT2D eigenvalue weighted by Gasteiger charge is -2.31.